The predicted molar refractivity (Wildman–Crippen MR) is 82.8 cm³/mol. The zero-order valence-electron chi connectivity index (χ0n) is 10.5. The molecular formula is C15H14BrClFN. The molecule has 0 bridgehead atoms. The van der Waals surface area contributed by atoms with E-state index in [1.165, 1.54) is 6.07 Å². The largest absolute Gasteiger partial charge is 0.339 e. The minimum absolute atomic E-state index is 0.229. The highest BCUT2D eigenvalue weighted by atomic mass is 79.9. The van der Waals surface area contributed by atoms with Crippen LogP contribution < -0.4 is 4.90 Å². The van der Waals surface area contributed by atoms with Crippen molar-refractivity contribution in [3.63, 3.8) is 0 Å². The van der Waals surface area contributed by atoms with Crippen LogP contribution in [0.25, 0.3) is 0 Å². The Hall–Kier alpha value is -1.06. The van der Waals surface area contributed by atoms with Crippen LogP contribution >= 0.6 is 27.5 Å². The fourth-order valence-electron chi connectivity index (χ4n) is 2.07. The van der Waals surface area contributed by atoms with Gasteiger partial charge in [0.15, 0.2) is 0 Å². The van der Waals surface area contributed by atoms with Crippen molar-refractivity contribution in [2.75, 3.05) is 11.4 Å². The SMILES string of the molecule is CCN(c1ccccc1F)c1ccc(Br)cc1CCl. The summed E-state index contributed by atoms with van der Waals surface area (Å²) in [5, 5.41) is 0. The molecule has 1 nitrogen and oxygen atoms in total. The number of halogens is 3. The summed E-state index contributed by atoms with van der Waals surface area (Å²) in [6.45, 7) is 2.67. The van der Waals surface area contributed by atoms with Crippen molar-refractivity contribution in [3.05, 3.63) is 58.3 Å². The zero-order chi connectivity index (χ0) is 13.8. The molecule has 0 fully saturated rings. The maximum atomic E-state index is 13.9. The van der Waals surface area contributed by atoms with Gasteiger partial charge in [-0.3, -0.25) is 0 Å². The van der Waals surface area contributed by atoms with E-state index in [9.17, 15) is 4.39 Å². The van der Waals surface area contributed by atoms with Crippen LogP contribution in [0.1, 0.15) is 12.5 Å². The van der Waals surface area contributed by atoms with Crippen LogP contribution in [0, 0.1) is 5.82 Å². The van der Waals surface area contributed by atoms with E-state index in [-0.39, 0.29) is 5.82 Å². The molecule has 0 amide bonds. The maximum absolute atomic E-state index is 13.9. The minimum Gasteiger partial charge on any atom is -0.339 e. The standard InChI is InChI=1S/C15H14BrClFN/c1-2-19(15-6-4-3-5-13(15)18)14-8-7-12(16)9-11(14)10-17/h3-9H,2,10H2,1H3. The first-order valence-electron chi connectivity index (χ1n) is 6.03. The number of rotatable bonds is 4. The van der Waals surface area contributed by atoms with Gasteiger partial charge >= 0.3 is 0 Å². The molecular weight excluding hydrogens is 329 g/mol. The van der Waals surface area contributed by atoms with Crippen molar-refractivity contribution in [1.82, 2.24) is 0 Å². The highest BCUT2D eigenvalue weighted by Gasteiger charge is 2.14. The van der Waals surface area contributed by atoms with Gasteiger partial charge in [0.05, 0.1) is 5.69 Å². The summed E-state index contributed by atoms with van der Waals surface area (Å²) < 4.78 is 14.9. The first kappa shape index (κ1) is 14.4. The van der Waals surface area contributed by atoms with Gasteiger partial charge in [0.1, 0.15) is 5.82 Å². The number of hydrogen-bond acceptors (Lipinski definition) is 1. The Morgan fingerprint density at radius 2 is 1.89 bits per heavy atom. The van der Waals surface area contributed by atoms with Crippen molar-refractivity contribution >= 4 is 38.9 Å². The number of nitrogens with zero attached hydrogens (tertiary/aromatic N) is 1. The minimum atomic E-state index is -0.229. The van der Waals surface area contributed by atoms with Crippen LogP contribution in [-0.2, 0) is 5.88 Å². The molecule has 2 aromatic rings. The highest BCUT2D eigenvalue weighted by Crippen LogP contribution is 2.32. The number of hydrogen-bond donors (Lipinski definition) is 0. The quantitative estimate of drug-likeness (QED) is 0.665. The van der Waals surface area contributed by atoms with E-state index in [0.29, 0.717) is 18.1 Å². The summed E-state index contributed by atoms with van der Waals surface area (Å²) in [6.07, 6.45) is 0. The van der Waals surface area contributed by atoms with Crippen molar-refractivity contribution in [1.29, 1.82) is 0 Å². The molecule has 0 saturated carbocycles. The molecule has 0 aliphatic heterocycles. The summed E-state index contributed by atoms with van der Waals surface area (Å²) in [4.78, 5) is 1.93. The monoisotopic (exact) mass is 341 g/mol. The number of alkyl halides is 1. The van der Waals surface area contributed by atoms with Crippen molar-refractivity contribution in [3.8, 4) is 0 Å². The van der Waals surface area contributed by atoms with Gasteiger partial charge in [-0.05, 0) is 42.8 Å². The van der Waals surface area contributed by atoms with Crippen LogP contribution in [0.5, 0.6) is 0 Å². The Balaban J connectivity index is 2.51. The molecule has 0 N–H and O–H groups in total. The van der Waals surface area contributed by atoms with Crippen molar-refractivity contribution in [2.24, 2.45) is 0 Å². The Kier molecular flexibility index (Phi) is 4.83. The average Bonchev–Trinajstić information content (AvgIpc) is 2.43. The maximum Gasteiger partial charge on any atom is 0.146 e. The zero-order valence-corrected chi connectivity index (χ0v) is 12.9. The molecule has 4 heteroatoms. The van der Waals surface area contributed by atoms with Crippen LogP contribution in [0.3, 0.4) is 0 Å². The lowest BCUT2D eigenvalue weighted by atomic mass is 10.1. The lowest BCUT2D eigenvalue weighted by Gasteiger charge is -2.26. The second kappa shape index (κ2) is 6.40. The number of anilines is 2. The molecule has 0 spiro atoms. The second-order valence-corrected chi connectivity index (χ2v) is 5.29. The molecule has 0 heterocycles. The van der Waals surface area contributed by atoms with E-state index in [2.05, 4.69) is 15.9 Å². The van der Waals surface area contributed by atoms with Gasteiger partial charge < -0.3 is 4.90 Å². The van der Waals surface area contributed by atoms with Gasteiger partial charge in [0.2, 0.25) is 0 Å². The molecule has 0 saturated heterocycles. The molecule has 0 atom stereocenters. The molecule has 0 aromatic heterocycles. The highest BCUT2D eigenvalue weighted by molar-refractivity contribution is 9.10. The van der Waals surface area contributed by atoms with E-state index in [0.717, 1.165) is 15.7 Å². The van der Waals surface area contributed by atoms with Crippen LogP contribution in [0.4, 0.5) is 15.8 Å². The second-order valence-electron chi connectivity index (χ2n) is 4.10. The Labute approximate surface area is 126 Å². The first-order chi connectivity index (χ1) is 9.17. The molecule has 0 radical (unpaired) electrons. The van der Waals surface area contributed by atoms with Crippen LogP contribution in [0.2, 0.25) is 0 Å². The average molecular weight is 343 g/mol. The molecule has 2 rings (SSSR count). The van der Waals surface area contributed by atoms with Gasteiger partial charge in [-0.25, -0.2) is 4.39 Å². The number of para-hydroxylation sites is 1. The van der Waals surface area contributed by atoms with E-state index < -0.39 is 0 Å². The molecule has 0 unspecified atom stereocenters. The van der Waals surface area contributed by atoms with Gasteiger partial charge in [-0.2, -0.15) is 0 Å². The van der Waals surface area contributed by atoms with Gasteiger partial charge in [-0.1, -0.05) is 28.1 Å². The lowest BCUT2D eigenvalue weighted by Crippen LogP contribution is -2.18. The molecule has 19 heavy (non-hydrogen) atoms. The normalized spacial score (nSPS) is 10.5. The summed E-state index contributed by atoms with van der Waals surface area (Å²) in [7, 11) is 0. The van der Waals surface area contributed by atoms with Gasteiger partial charge in [0.25, 0.3) is 0 Å². The fraction of sp³-hybridized carbons (Fsp3) is 0.200. The molecule has 0 aliphatic rings. The van der Waals surface area contributed by atoms with Gasteiger partial charge in [0, 0.05) is 22.6 Å². The molecule has 2 aromatic carbocycles. The molecule has 100 valence electrons. The number of benzene rings is 2. The predicted octanol–water partition coefficient (Wildman–Crippen LogP) is 5.49. The van der Waals surface area contributed by atoms with Crippen LogP contribution in [0.15, 0.2) is 46.9 Å². The third-order valence-electron chi connectivity index (χ3n) is 2.94. The summed E-state index contributed by atoms with van der Waals surface area (Å²) in [5.74, 6) is 0.160. The van der Waals surface area contributed by atoms with E-state index in [4.69, 9.17) is 11.6 Å². The van der Waals surface area contributed by atoms with E-state index >= 15 is 0 Å². The van der Waals surface area contributed by atoms with Gasteiger partial charge in [-0.15, -0.1) is 11.6 Å². The van der Waals surface area contributed by atoms with E-state index in [1.807, 2.05) is 36.1 Å². The Bertz CT molecular complexity index is 574. The van der Waals surface area contributed by atoms with Crippen molar-refractivity contribution in [2.45, 2.75) is 12.8 Å². The molecule has 0 aliphatic carbocycles. The lowest BCUT2D eigenvalue weighted by molar-refractivity contribution is 0.625. The Morgan fingerprint density at radius 3 is 2.53 bits per heavy atom. The van der Waals surface area contributed by atoms with Crippen LogP contribution in [-0.4, -0.2) is 6.54 Å². The topological polar surface area (TPSA) is 3.24 Å². The summed E-state index contributed by atoms with van der Waals surface area (Å²) >= 11 is 9.42. The third kappa shape index (κ3) is 3.10. The van der Waals surface area contributed by atoms with Crippen molar-refractivity contribution < 1.29 is 4.39 Å². The fourth-order valence-corrected chi connectivity index (χ4v) is 2.69. The smallest absolute Gasteiger partial charge is 0.146 e. The summed E-state index contributed by atoms with van der Waals surface area (Å²) in [5.41, 5.74) is 2.48. The first-order valence-corrected chi connectivity index (χ1v) is 7.36. The Morgan fingerprint density at radius 1 is 1.16 bits per heavy atom. The third-order valence-corrected chi connectivity index (χ3v) is 3.72. The van der Waals surface area contributed by atoms with E-state index in [1.54, 1.807) is 12.1 Å². The summed E-state index contributed by atoms with van der Waals surface area (Å²) in [6, 6.07) is 12.6.